The van der Waals surface area contributed by atoms with Crippen LogP contribution in [0.3, 0.4) is 0 Å². The minimum absolute atomic E-state index is 0.0385. The van der Waals surface area contributed by atoms with Crippen molar-refractivity contribution in [2.75, 3.05) is 19.2 Å². The Labute approximate surface area is 217 Å². The fourth-order valence-electron chi connectivity index (χ4n) is 3.74. The van der Waals surface area contributed by atoms with Crippen molar-refractivity contribution >= 4 is 51.7 Å². The molecule has 0 spiro atoms. The summed E-state index contributed by atoms with van der Waals surface area (Å²) in [6.45, 7) is 0.452. The molecular formula is C26H22ClN3O5S. The zero-order chi connectivity index (χ0) is 25.1. The number of amides is 2. The van der Waals surface area contributed by atoms with Crippen LogP contribution in [0.5, 0.6) is 17.2 Å². The first-order valence-electron chi connectivity index (χ1n) is 11.1. The highest BCUT2D eigenvalue weighted by molar-refractivity contribution is 8.15. The molecular weight excluding hydrogens is 502 g/mol. The molecule has 36 heavy (non-hydrogen) atoms. The quantitative estimate of drug-likeness (QED) is 0.475. The van der Waals surface area contributed by atoms with Crippen molar-refractivity contribution in [1.82, 2.24) is 4.90 Å². The molecule has 1 saturated heterocycles. The first-order chi connectivity index (χ1) is 17.5. The van der Waals surface area contributed by atoms with E-state index in [9.17, 15) is 9.59 Å². The van der Waals surface area contributed by atoms with Crippen LogP contribution in [0, 0.1) is 0 Å². The Morgan fingerprint density at radius 1 is 1.11 bits per heavy atom. The molecule has 1 fully saturated rings. The average Bonchev–Trinajstić information content (AvgIpc) is 3.35. The normalized spacial score (nSPS) is 17.8. The smallest absolute Gasteiger partial charge is 0.238 e. The summed E-state index contributed by atoms with van der Waals surface area (Å²) in [4.78, 5) is 32.6. The maximum Gasteiger partial charge on any atom is 0.238 e. The highest BCUT2D eigenvalue weighted by Gasteiger charge is 2.36. The standard InChI is InChI=1S/C26H22ClN3O5S/c1-33-20-9-7-18(8-10-20)28-25(32)23-13-24(31)30(14-16-2-11-21-22(12-16)35-15-34-21)26(36-23)29-19-5-3-17(27)4-6-19/h2-12,23H,13-15H2,1H3,(H,28,32)/t23-/m0/s1. The summed E-state index contributed by atoms with van der Waals surface area (Å²) in [6.07, 6.45) is 0.0385. The molecule has 0 aromatic heterocycles. The maximum atomic E-state index is 13.3. The van der Waals surface area contributed by atoms with E-state index in [0.29, 0.717) is 38.8 Å². The molecule has 2 aliphatic rings. The third-order valence-electron chi connectivity index (χ3n) is 5.62. The van der Waals surface area contributed by atoms with Crippen LogP contribution < -0.4 is 19.5 Å². The zero-order valence-electron chi connectivity index (χ0n) is 19.3. The maximum absolute atomic E-state index is 13.3. The summed E-state index contributed by atoms with van der Waals surface area (Å²) in [5, 5.41) is 3.25. The van der Waals surface area contributed by atoms with Gasteiger partial charge in [0.1, 0.15) is 11.0 Å². The molecule has 5 rings (SSSR count). The van der Waals surface area contributed by atoms with Crippen LogP contribution >= 0.6 is 23.4 Å². The minimum Gasteiger partial charge on any atom is -0.497 e. The lowest BCUT2D eigenvalue weighted by molar-refractivity contribution is -0.129. The van der Waals surface area contributed by atoms with E-state index in [1.807, 2.05) is 18.2 Å². The van der Waals surface area contributed by atoms with Crippen molar-refractivity contribution in [3.05, 3.63) is 77.3 Å². The highest BCUT2D eigenvalue weighted by Crippen LogP contribution is 2.35. The van der Waals surface area contributed by atoms with Crippen molar-refractivity contribution in [3.8, 4) is 17.2 Å². The summed E-state index contributed by atoms with van der Waals surface area (Å²) in [6, 6.07) is 19.6. The Bertz CT molecular complexity index is 1310. The molecule has 0 saturated carbocycles. The van der Waals surface area contributed by atoms with Gasteiger partial charge in [-0.3, -0.25) is 14.5 Å². The monoisotopic (exact) mass is 523 g/mol. The lowest BCUT2D eigenvalue weighted by Crippen LogP contribution is -2.44. The third kappa shape index (κ3) is 5.42. The molecule has 2 amide bonds. The van der Waals surface area contributed by atoms with Gasteiger partial charge in [-0.1, -0.05) is 29.4 Å². The summed E-state index contributed by atoms with van der Waals surface area (Å²) in [5.74, 6) is 1.52. The number of hydrogen-bond acceptors (Lipinski definition) is 7. The highest BCUT2D eigenvalue weighted by atomic mass is 35.5. The largest absolute Gasteiger partial charge is 0.497 e. The average molecular weight is 524 g/mol. The van der Waals surface area contributed by atoms with E-state index in [0.717, 1.165) is 5.56 Å². The Morgan fingerprint density at radius 2 is 1.86 bits per heavy atom. The predicted octanol–water partition coefficient (Wildman–Crippen LogP) is 5.24. The number of hydrogen-bond donors (Lipinski definition) is 1. The number of amidine groups is 1. The lowest BCUT2D eigenvalue weighted by Gasteiger charge is -2.32. The van der Waals surface area contributed by atoms with Gasteiger partial charge < -0.3 is 19.5 Å². The van der Waals surface area contributed by atoms with Crippen molar-refractivity contribution in [2.24, 2.45) is 4.99 Å². The predicted molar refractivity (Wildman–Crippen MR) is 139 cm³/mol. The molecule has 0 unspecified atom stereocenters. The van der Waals surface area contributed by atoms with Gasteiger partial charge in [-0.15, -0.1) is 0 Å². The van der Waals surface area contributed by atoms with Gasteiger partial charge in [0.05, 0.1) is 19.3 Å². The zero-order valence-corrected chi connectivity index (χ0v) is 20.8. The minimum atomic E-state index is -0.640. The van der Waals surface area contributed by atoms with Gasteiger partial charge in [0.25, 0.3) is 0 Å². The van der Waals surface area contributed by atoms with Crippen molar-refractivity contribution in [3.63, 3.8) is 0 Å². The molecule has 184 valence electrons. The number of thioether (sulfide) groups is 1. The van der Waals surface area contributed by atoms with Gasteiger partial charge in [-0.2, -0.15) is 0 Å². The Balaban J connectivity index is 1.38. The number of nitrogens with one attached hydrogen (secondary N) is 1. The fourth-order valence-corrected chi connectivity index (χ4v) is 4.97. The van der Waals surface area contributed by atoms with Gasteiger partial charge in [-0.25, -0.2) is 4.99 Å². The number of aliphatic imine (C=N–C) groups is 1. The van der Waals surface area contributed by atoms with E-state index < -0.39 is 5.25 Å². The molecule has 10 heteroatoms. The van der Waals surface area contributed by atoms with Gasteiger partial charge in [-0.05, 0) is 66.2 Å². The molecule has 1 atom stereocenters. The van der Waals surface area contributed by atoms with E-state index in [-0.39, 0.29) is 31.6 Å². The van der Waals surface area contributed by atoms with Crippen LogP contribution in [-0.4, -0.2) is 41.0 Å². The number of halogens is 1. The van der Waals surface area contributed by atoms with Crippen LogP contribution in [0.15, 0.2) is 71.7 Å². The number of benzene rings is 3. The SMILES string of the molecule is COc1ccc(NC(=O)[C@@H]2CC(=O)N(Cc3ccc4c(c3)OCO4)C(=Nc3ccc(Cl)cc3)S2)cc1. The number of ether oxygens (including phenoxy) is 3. The number of carbonyl (C=O) groups is 2. The molecule has 2 heterocycles. The van der Waals surface area contributed by atoms with Crippen LogP contribution in [0.4, 0.5) is 11.4 Å². The number of anilines is 1. The molecule has 8 nitrogen and oxygen atoms in total. The summed E-state index contributed by atoms with van der Waals surface area (Å²) in [7, 11) is 1.58. The van der Waals surface area contributed by atoms with E-state index in [1.165, 1.54) is 11.8 Å². The van der Waals surface area contributed by atoms with E-state index in [4.69, 9.17) is 30.8 Å². The third-order valence-corrected chi connectivity index (χ3v) is 7.06. The molecule has 3 aromatic carbocycles. The van der Waals surface area contributed by atoms with E-state index in [2.05, 4.69) is 5.32 Å². The van der Waals surface area contributed by atoms with E-state index in [1.54, 1.807) is 60.5 Å². The topological polar surface area (TPSA) is 89.5 Å². The number of fused-ring (bicyclic) bond motifs is 1. The van der Waals surface area contributed by atoms with E-state index >= 15 is 0 Å². The Morgan fingerprint density at radius 3 is 2.61 bits per heavy atom. The second-order valence-electron chi connectivity index (χ2n) is 8.07. The van der Waals surface area contributed by atoms with Crippen molar-refractivity contribution in [1.29, 1.82) is 0 Å². The molecule has 1 N–H and O–H groups in total. The van der Waals surface area contributed by atoms with Crippen molar-refractivity contribution < 1.29 is 23.8 Å². The second kappa shape index (κ2) is 10.5. The summed E-state index contributed by atoms with van der Waals surface area (Å²) < 4.78 is 16.0. The number of nitrogens with zero attached hydrogens (tertiary/aromatic N) is 2. The Hall–Kier alpha value is -3.69. The van der Waals surface area contributed by atoms with Gasteiger partial charge in [0.15, 0.2) is 16.7 Å². The van der Waals surface area contributed by atoms with Gasteiger partial charge >= 0.3 is 0 Å². The molecule has 0 bridgehead atoms. The molecule has 0 radical (unpaired) electrons. The second-order valence-corrected chi connectivity index (χ2v) is 9.67. The Kier molecular flexibility index (Phi) is 7.02. The molecule has 3 aromatic rings. The van der Waals surface area contributed by atoms with Gasteiger partial charge in [0, 0.05) is 17.1 Å². The van der Waals surface area contributed by atoms with Crippen LogP contribution in [0.1, 0.15) is 12.0 Å². The van der Waals surface area contributed by atoms with Crippen molar-refractivity contribution in [2.45, 2.75) is 18.2 Å². The first-order valence-corrected chi connectivity index (χ1v) is 12.4. The lowest BCUT2D eigenvalue weighted by atomic mass is 10.1. The molecule has 2 aliphatic heterocycles. The fraction of sp³-hybridized carbons (Fsp3) is 0.192. The van der Waals surface area contributed by atoms with Gasteiger partial charge in [0.2, 0.25) is 18.6 Å². The number of carbonyl (C=O) groups excluding carboxylic acids is 2. The molecule has 0 aliphatic carbocycles. The van der Waals surface area contributed by atoms with Crippen LogP contribution in [0.2, 0.25) is 5.02 Å². The number of methoxy groups -OCH3 is 1. The first kappa shape index (κ1) is 24.0. The van der Waals surface area contributed by atoms with Crippen LogP contribution in [-0.2, 0) is 16.1 Å². The number of rotatable bonds is 6. The summed E-state index contributed by atoms with van der Waals surface area (Å²) >= 11 is 7.27. The summed E-state index contributed by atoms with van der Waals surface area (Å²) in [5.41, 5.74) is 2.10. The van der Waals surface area contributed by atoms with Crippen LogP contribution in [0.25, 0.3) is 0 Å².